The second-order valence-electron chi connectivity index (χ2n) is 5.70. The van der Waals surface area contributed by atoms with Crippen molar-refractivity contribution in [2.75, 3.05) is 0 Å². The van der Waals surface area contributed by atoms with E-state index in [2.05, 4.69) is 15.2 Å². The molecule has 1 aromatic carbocycles. The molecule has 1 aliphatic carbocycles. The van der Waals surface area contributed by atoms with Gasteiger partial charge in [-0.15, -0.1) is 13.2 Å². The number of carbonyl (C=O) groups is 1. The minimum absolute atomic E-state index is 0.168. The summed E-state index contributed by atoms with van der Waals surface area (Å²) >= 11 is 0. The molecule has 0 saturated heterocycles. The highest BCUT2D eigenvalue weighted by atomic mass is 19.4. The number of halogens is 3. The molecule has 0 bridgehead atoms. The van der Waals surface area contributed by atoms with E-state index in [-0.39, 0.29) is 18.2 Å². The maximum atomic E-state index is 12.4. The van der Waals surface area contributed by atoms with E-state index < -0.39 is 6.36 Å². The fraction of sp³-hybridized carbons (Fsp3) is 0.375. The first-order valence-electron chi connectivity index (χ1n) is 7.51. The van der Waals surface area contributed by atoms with Crippen LogP contribution in [-0.2, 0) is 11.3 Å². The van der Waals surface area contributed by atoms with Gasteiger partial charge in [0.1, 0.15) is 5.75 Å². The summed E-state index contributed by atoms with van der Waals surface area (Å²) in [6.07, 6.45) is -2.70. The third-order valence-electron chi connectivity index (χ3n) is 3.60. The van der Waals surface area contributed by atoms with Crippen molar-refractivity contribution < 1.29 is 22.7 Å². The molecule has 1 saturated carbocycles. The summed E-state index contributed by atoms with van der Waals surface area (Å²) in [6, 6.07) is 7.58. The average molecular weight is 339 g/mol. The van der Waals surface area contributed by atoms with Crippen LogP contribution in [0.25, 0.3) is 5.69 Å². The maximum Gasteiger partial charge on any atom is 0.573 e. The van der Waals surface area contributed by atoms with E-state index in [1.54, 1.807) is 10.7 Å². The molecule has 5 nitrogen and oxygen atoms in total. The van der Waals surface area contributed by atoms with Gasteiger partial charge in [0.2, 0.25) is 5.91 Å². The number of alkyl halides is 3. The Hall–Kier alpha value is -2.51. The highest BCUT2D eigenvalue weighted by Gasteiger charge is 2.32. The Morgan fingerprint density at radius 3 is 2.75 bits per heavy atom. The molecule has 1 heterocycles. The van der Waals surface area contributed by atoms with Gasteiger partial charge in [-0.1, -0.05) is 6.07 Å². The zero-order valence-electron chi connectivity index (χ0n) is 12.9. The van der Waals surface area contributed by atoms with Crippen molar-refractivity contribution in [3.63, 3.8) is 0 Å². The lowest BCUT2D eigenvalue weighted by Crippen LogP contribution is -2.19. The molecule has 24 heavy (non-hydrogen) atoms. The van der Waals surface area contributed by atoms with Crippen LogP contribution in [0.2, 0.25) is 0 Å². The molecule has 0 radical (unpaired) electrons. The largest absolute Gasteiger partial charge is 0.573 e. The fourth-order valence-electron chi connectivity index (χ4n) is 2.44. The molecule has 2 aromatic rings. The molecule has 0 unspecified atom stereocenters. The van der Waals surface area contributed by atoms with E-state index in [0.717, 1.165) is 18.5 Å². The number of carbonyl (C=O) groups excluding carboxylic acids is 1. The quantitative estimate of drug-likeness (QED) is 0.909. The van der Waals surface area contributed by atoms with Crippen molar-refractivity contribution in [3.8, 4) is 11.4 Å². The van der Waals surface area contributed by atoms with Crippen molar-refractivity contribution in [1.29, 1.82) is 0 Å². The number of nitrogens with one attached hydrogen (secondary N) is 1. The van der Waals surface area contributed by atoms with Crippen molar-refractivity contribution in [3.05, 3.63) is 41.7 Å². The summed E-state index contributed by atoms with van der Waals surface area (Å²) in [5.41, 5.74) is 2.08. The van der Waals surface area contributed by atoms with Crippen LogP contribution in [0, 0.1) is 0 Å². The van der Waals surface area contributed by atoms with Gasteiger partial charge in [0.05, 0.1) is 17.9 Å². The summed E-state index contributed by atoms with van der Waals surface area (Å²) in [6.45, 7) is 1.69. The Morgan fingerprint density at radius 1 is 1.38 bits per heavy atom. The Balaban J connectivity index is 1.90. The van der Waals surface area contributed by atoms with E-state index in [4.69, 9.17) is 0 Å². The minimum atomic E-state index is -4.74. The maximum absolute atomic E-state index is 12.4. The number of benzene rings is 1. The first-order valence-corrected chi connectivity index (χ1v) is 7.51. The van der Waals surface area contributed by atoms with Crippen molar-refractivity contribution in [1.82, 2.24) is 15.1 Å². The van der Waals surface area contributed by atoms with Crippen LogP contribution in [0.1, 0.15) is 37.1 Å². The smallest absolute Gasteiger partial charge is 0.406 e. The third-order valence-corrected chi connectivity index (χ3v) is 3.60. The van der Waals surface area contributed by atoms with Gasteiger partial charge in [-0.3, -0.25) is 4.79 Å². The molecule has 0 spiro atoms. The normalized spacial score (nSPS) is 14.5. The molecule has 1 N–H and O–H groups in total. The van der Waals surface area contributed by atoms with Gasteiger partial charge in [0.25, 0.3) is 0 Å². The highest BCUT2D eigenvalue weighted by Crippen LogP contribution is 2.41. The molecule has 0 aliphatic heterocycles. The van der Waals surface area contributed by atoms with Gasteiger partial charge in [-0.05, 0) is 31.0 Å². The van der Waals surface area contributed by atoms with Gasteiger partial charge in [-0.25, -0.2) is 4.68 Å². The van der Waals surface area contributed by atoms with Gasteiger partial charge >= 0.3 is 6.36 Å². The van der Waals surface area contributed by atoms with Gasteiger partial charge in [-0.2, -0.15) is 5.10 Å². The molecular formula is C16H16F3N3O2. The van der Waals surface area contributed by atoms with Crippen molar-refractivity contribution >= 4 is 5.91 Å². The minimum Gasteiger partial charge on any atom is -0.406 e. The third kappa shape index (κ3) is 4.06. The molecule has 0 atom stereocenters. The van der Waals surface area contributed by atoms with Gasteiger partial charge < -0.3 is 10.1 Å². The molecule has 8 heteroatoms. The molecule has 3 rings (SSSR count). The number of aromatic nitrogens is 2. The fourth-order valence-corrected chi connectivity index (χ4v) is 2.44. The Kier molecular flexibility index (Phi) is 4.21. The molecular weight excluding hydrogens is 323 g/mol. The molecule has 128 valence electrons. The monoisotopic (exact) mass is 339 g/mol. The van der Waals surface area contributed by atoms with E-state index >= 15 is 0 Å². The summed E-state index contributed by atoms with van der Waals surface area (Å²) in [5.74, 6) is -0.116. The van der Waals surface area contributed by atoms with E-state index in [0.29, 0.717) is 17.3 Å². The van der Waals surface area contributed by atoms with Crippen LogP contribution in [-0.4, -0.2) is 22.1 Å². The molecule has 1 fully saturated rings. The van der Waals surface area contributed by atoms with Crippen LogP contribution >= 0.6 is 0 Å². The highest BCUT2D eigenvalue weighted by molar-refractivity contribution is 5.72. The summed E-state index contributed by atoms with van der Waals surface area (Å²) < 4.78 is 42.8. The average Bonchev–Trinajstić information content (AvgIpc) is 3.23. The van der Waals surface area contributed by atoms with Crippen molar-refractivity contribution in [2.45, 2.75) is 38.6 Å². The second-order valence-corrected chi connectivity index (χ2v) is 5.70. The van der Waals surface area contributed by atoms with Gasteiger partial charge in [0.15, 0.2) is 0 Å². The number of hydrogen-bond donors (Lipinski definition) is 1. The van der Waals surface area contributed by atoms with Crippen LogP contribution in [0.5, 0.6) is 5.75 Å². The van der Waals surface area contributed by atoms with E-state index in [9.17, 15) is 18.0 Å². The lowest BCUT2D eigenvalue weighted by molar-refractivity contribution is -0.274. The number of ether oxygens (including phenoxy) is 1. The topological polar surface area (TPSA) is 56.2 Å². The van der Waals surface area contributed by atoms with E-state index in [1.807, 2.05) is 6.07 Å². The molecule has 1 aromatic heterocycles. The number of rotatable bonds is 5. The lowest BCUT2D eigenvalue weighted by atomic mass is 10.2. The predicted octanol–water partition coefficient (Wildman–Crippen LogP) is 3.28. The first-order chi connectivity index (χ1) is 11.3. The Labute approximate surface area is 136 Å². The Bertz CT molecular complexity index is 751. The molecule has 1 amide bonds. The predicted molar refractivity (Wildman–Crippen MR) is 79.7 cm³/mol. The summed E-state index contributed by atoms with van der Waals surface area (Å²) in [7, 11) is 0. The SMILES string of the molecule is CC(=O)NCc1cc(C2CC2)n(-c2cccc(OC(F)(F)F)c2)n1. The van der Waals surface area contributed by atoms with Crippen LogP contribution in [0.4, 0.5) is 13.2 Å². The summed E-state index contributed by atoms with van der Waals surface area (Å²) in [5, 5.41) is 7.08. The van der Waals surface area contributed by atoms with E-state index in [1.165, 1.54) is 25.1 Å². The standard InChI is InChI=1S/C16H16F3N3O2/c1-10(23)20-9-12-7-15(11-5-6-11)22(21-12)13-3-2-4-14(8-13)24-16(17,18)19/h2-4,7-8,11H,5-6,9H2,1H3,(H,20,23). The van der Waals surface area contributed by atoms with Gasteiger partial charge in [0, 0.05) is 24.6 Å². The summed E-state index contributed by atoms with van der Waals surface area (Å²) in [4.78, 5) is 11.0. The van der Waals surface area contributed by atoms with Crippen LogP contribution < -0.4 is 10.1 Å². The molecule has 1 aliphatic rings. The first kappa shape index (κ1) is 16.4. The number of hydrogen-bond acceptors (Lipinski definition) is 3. The number of nitrogens with zero attached hydrogens (tertiary/aromatic N) is 2. The lowest BCUT2D eigenvalue weighted by Gasteiger charge is -2.11. The number of amides is 1. The zero-order valence-corrected chi connectivity index (χ0v) is 12.9. The zero-order chi connectivity index (χ0) is 17.3. The van der Waals surface area contributed by atoms with Crippen LogP contribution in [0.3, 0.4) is 0 Å². The Morgan fingerprint density at radius 2 is 2.12 bits per heavy atom. The van der Waals surface area contributed by atoms with Crippen molar-refractivity contribution in [2.24, 2.45) is 0 Å². The van der Waals surface area contributed by atoms with Crippen LogP contribution in [0.15, 0.2) is 30.3 Å². The second kappa shape index (κ2) is 6.18.